The number of amides is 2. The van der Waals surface area contributed by atoms with Crippen molar-refractivity contribution in [2.24, 2.45) is 0 Å². The Hall–Kier alpha value is -2.24. The molecule has 0 aromatic heterocycles. The molecular formula is C10H12N2O4. The average Bonchev–Trinajstić information content (AvgIpc) is 2.21. The highest BCUT2D eigenvalue weighted by Gasteiger charge is 2.05. The number of anilines is 1. The summed E-state index contributed by atoms with van der Waals surface area (Å²) >= 11 is 0. The quantitative estimate of drug-likeness (QED) is 0.573. The van der Waals surface area contributed by atoms with E-state index in [0.29, 0.717) is 0 Å². The summed E-state index contributed by atoms with van der Waals surface area (Å²) in [5, 5.41) is 22.4. The van der Waals surface area contributed by atoms with E-state index in [1.165, 1.54) is 12.1 Å². The number of nitrogens with one attached hydrogen (secondary N) is 2. The zero-order chi connectivity index (χ0) is 12.0. The van der Waals surface area contributed by atoms with Crippen LogP contribution in [0.3, 0.4) is 0 Å². The minimum Gasteiger partial charge on any atom is -0.506 e. The maximum Gasteiger partial charge on any atom is 0.319 e. The van der Waals surface area contributed by atoms with Crippen LogP contribution >= 0.6 is 0 Å². The van der Waals surface area contributed by atoms with Crippen molar-refractivity contribution in [1.29, 1.82) is 0 Å². The van der Waals surface area contributed by atoms with Crippen LogP contribution in [0.4, 0.5) is 10.5 Å². The Morgan fingerprint density at radius 3 is 2.56 bits per heavy atom. The van der Waals surface area contributed by atoms with Gasteiger partial charge in [-0.25, -0.2) is 4.79 Å². The molecule has 0 radical (unpaired) electrons. The second-order valence-corrected chi connectivity index (χ2v) is 3.04. The molecular weight excluding hydrogens is 212 g/mol. The van der Waals surface area contributed by atoms with Crippen LogP contribution in [0.1, 0.15) is 6.42 Å². The Kier molecular flexibility index (Phi) is 4.14. The number of rotatable bonds is 4. The van der Waals surface area contributed by atoms with E-state index in [4.69, 9.17) is 5.11 Å². The molecule has 6 heteroatoms. The van der Waals surface area contributed by atoms with Crippen molar-refractivity contribution in [2.75, 3.05) is 11.9 Å². The van der Waals surface area contributed by atoms with Gasteiger partial charge < -0.3 is 20.8 Å². The molecule has 16 heavy (non-hydrogen) atoms. The predicted octanol–water partition coefficient (Wildman–Crippen LogP) is 0.988. The molecule has 0 aliphatic rings. The van der Waals surface area contributed by atoms with E-state index in [9.17, 15) is 14.7 Å². The first kappa shape index (κ1) is 11.8. The van der Waals surface area contributed by atoms with Crippen LogP contribution in [0.2, 0.25) is 0 Å². The predicted molar refractivity (Wildman–Crippen MR) is 57.4 cm³/mol. The third-order valence-corrected chi connectivity index (χ3v) is 1.78. The lowest BCUT2D eigenvalue weighted by Crippen LogP contribution is -2.30. The highest BCUT2D eigenvalue weighted by atomic mass is 16.4. The summed E-state index contributed by atoms with van der Waals surface area (Å²) in [6.45, 7) is 0.0365. The van der Waals surface area contributed by atoms with Crippen LogP contribution in [-0.4, -0.2) is 28.8 Å². The molecule has 0 spiro atoms. The highest BCUT2D eigenvalue weighted by molar-refractivity contribution is 5.90. The van der Waals surface area contributed by atoms with Gasteiger partial charge in [-0.1, -0.05) is 12.1 Å². The van der Waals surface area contributed by atoms with E-state index in [2.05, 4.69) is 10.6 Å². The maximum atomic E-state index is 11.2. The van der Waals surface area contributed by atoms with Gasteiger partial charge in [-0.05, 0) is 12.1 Å². The van der Waals surface area contributed by atoms with Crippen LogP contribution in [0, 0.1) is 0 Å². The fraction of sp³-hybridized carbons (Fsp3) is 0.200. The molecule has 86 valence electrons. The van der Waals surface area contributed by atoms with Gasteiger partial charge in [-0.3, -0.25) is 4.79 Å². The lowest BCUT2D eigenvalue weighted by Gasteiger charge is -2.07. The molecule has 0 fully saturated rings. The summed E-state index contributed by atoms with van der Waals surface area (Å²) in [5.74, 6) is -1.03. The molecule has 0 unspecified atom stereocenters. The third-order valence-electron chi connectivity index (χ3n) is 1.78. The van der Waals surface area contributed by atoms with E-state index in [1.807, 2.05) is 0 Å². The number of carbonyl (C=O) groups excluding carboxylic acids is 1. The van der Waals surface area contributed by atoms with Crippen molar-refractivity contribution in [3.8, 4) is 5.75 Å². The minimum atomic E-state index is -0.983. The number of aromatic hydroxyl groups is 1. The fourth-order valence-electron chi connectivity index (χ4n) is 1.03. The van der Waals surface area contributed by atoms with Gasteiger partial charge in [-0.15, -0.1) is 0 Å². The van der Waals surface area contributed by atoms with Crippen LogP contribution in [0.5, 0.6) is 5.75 Å². The van der Waals surface area contributed by atoms with Gasteiger partial charge in [0, 0.05) is 6.54 Å². The molecule has 0 aliphatic heterocycles. The van der Waals surface area contributed by atoms with Crippen LogP contribution in [0.15, 0.2) is 24.3 Å². The van der Waals surface area contributed by atoms with E-state index >= 15 is 0 Å². The zero-order valence-electron chi connectivity index (χ0n) is 8.43. The minimum absolute atomic E-state index is 0.0365. The third kappa shape index (κ3) is 3.87. The maximum absolute atomic E-state index is 11.2. The molecule has 1 aromatic carbocycles. The number of carboxylic acid groups (broad SMARTS) is 1. The summed E-state index contributed by atoms with van der Waals surface area (Å²) in [4.78, 5) is 21.4. The van der Waals surface area contributed by atoms with E-state index < -0.39 is 12.0 Å². The van der Waals surface area contributed by atoms with E-state index in [-0.39, 0.29) is 24.4 Å². The van der Waals surface area contributed by atoms with Gasteiger partial charge in [-0.2, -0.15) is 0 Å². The van der Waals surface area contributed by atoms with Gasteiger partial charge in [0.15, 0.2) is 0 Å². The standard InChI is InChI=1S/C10H12N2O4/c13-8-4-2-1-3-7(8)12-10(16)11-6-5-9(14)15/h1-4,13H,5-6H2,(H,14,15)(H2,11,12,16). The Balaban J connectivity index is 2.40. The number of hydrogen-bond donors (Lipinski definition) is 4. The summed E-state index contributed by atoms with van der Waals surface area (Å²) in [5.41, 5.74) is 0.273. The van der Waals surface area contributed by atoms with Gasteiger partial charge >= 0.3 is 12.0 Å². The second kappa shape index (κ2) is 5.59. The van der Waals surface area contributed by atoms with Crippen molar-refractivity contribution in [3.63, 3.8) is 0 Å². The number of phenolic OH excluding ortho intramolecular Hbond substituents is 1. The Bertz CT molecular complexity index is 392. The molecule has 0 saturated carbocycles. The fourth-order valence-corrected chi connectivity index (χ4v) is 1.03. The highest BCUT2D eigenvalue weighted by Crippen LogP contribution is 2.20. The molecule has 0 heterocycles. The topological polar surface area (TPSA) is 98.7 Å². The van der Waals surface area contributed by atoms with Gasteiger partial charge in [0.2, 0.25) is 0 Å². The number of hydrogen-bond acceptors (Lipinski definition) is 3. The van der Waals surface area contributed by atoms with Crippen molar-refractivity contribution in [2.45, 2.75) is 6.42 Å². The van der Waals surface area contributed by atoms with Crippen LogP contribution in [0.25, 0.3) is 0 Å². The molecule has 0 aliphatic carbocycles. The number of para-hydroxylation sites is 2. The Labute approximate surface area is 91.9 Å². The molecule has 6 nitrogen and oxygen atoms in total. The van der Waals surface area contributed by atoms with Gasteiger partial charge in [0.25, 0.3) is 0 Å². The average molecular weight is 224 g/mol. The van der Waals surface area contributed by atoms with Crippen LogP contribution < -0.4 is 10.6 Å². The van der Waals surface area contributed by atoms with Crippen LogP contribution in [-0.2, 0) is 4.79 Å². The second-order valence-electron chi connectivity index (χ2n) is 3.04. The number of carbonyl (C=O) groups is 2. The SMILES string of the molecule is O=C(O)CCNC(=O)Nc1ccccc1O. The van der Waals surface area contributed by atoms with Crippen molar-refractivity contribution < 1.29 is 19.8 Å². The molecule has 4 N–H and O–H groups in total. The number of urea groups is 1. The lowest BCUT2D eigenvalue weighted by atomic mass is 10.3. The van der Waals surface area contributed by atoms with E-state index in [0.717, 1.165) is 0 Å². The number of carboxylic acids is 1. The molecule has 1 aromatic rings. The van der Waals surface area contributed by atoms with Crippen molar-refractivity contribution >= 4 is 17.7 Å². The normalized spacial score (nSPS) is 9.50. The smallest absolute Gasteiger partial charge is 0.319 e. The van der Waals surface area contributed by atoms with Gasteiger partial charge in [0.05, 0.1) is 12.1 Å². The van der Waals surface area contributed by atoms with E-state index in [1.54, 1.807) is 12.1 Å². The molecule has 0 saturated heterocycles. The molecule has 1 rings (SSSR count). The lowest BCUT2D eigenvalue weighted by molar-refractivity contribution is -0.136. The molecule has 2 amide bonds. The monoisotopic (exact) mass is 224 g/mol. The summed E-state index contributed by atoms with van der Waals surface area (Å²) in [7, 11) is 0. The molecule has 0 atom stereocenters. The summed E-state index contributed by atoms with van der Waals surface area (Å²) in [6.07, 6.45) is -0.145. The summed E-state index contributed by atoms with van der Waals surface area (Å²) < 4.78 is 0. The zero-order valence-corrected chi connectivity index (χ0v) is 8.43. The summed E-state index contributed by atoms with van der Waals surface area (Å²) in [6, 6.07) is 5.71. The van der Waals surface area contributed by atoms with Crippen molar-refractivity contribution in [3.05, 3.63) is 24.3 Å². The largest absolute Gasteiger partial charge is 0.506 e. The first-order valence-electron chi connectivity index (χ1n) is 4.64. The molecule has 0 bridgehead atoms. The van der Waals surface area contributed by atoms with Gasteiger partial charge in [0.1, 0.15) is 5.75 Å². The number of benzene rings is 1. The first-order chi connectivity index (χ1) is 7.59. The Morgan fingerprint density at radius 2 is 1.94 bits per heavy atom. The first-order valence-corrected chi connectivity index (χ1v) is 4.64. The number of phenols is 1. The number of aliphatic carboxylic acids is 1. The Morgan fingerprint density at radius 1 is 1.25 bits per heavy atom. The van der Waals surface area contributed by atoms with Crippen molar-refractivity contribution in [1.82, 2.24) is 5.32 Å².